The summed E-state index contributed by atoms with van der Waals surface area (Å²) in [5, 5.41) is 13.0. The lowest BCUT2D eigenvalue weighted by Gasteiger charge is -2.14. The largest absolute Gasteiger partial charge is 0.396 e. The standard InChI is InChI=1S/C18H21ClN2O2/c19-16-7-4-14(5-8-16)6-9-18(23)21-12-15(13-22)11-17-3-1-2-10-20-17/h1-5,7-8,10,15,22H,6,9,11-13H2,(H,21,23). The third-order valence-electron chi connectivity index (χ3n) is 3.62. The molecule has 0 bridgehead atoms. The topological polar surface area (TPSA) is 62.2 Å². The van der Waals surface area contributed by atoms with Crippen molar-refractivity contribution in [1.29, 1.82) is 0 Å². The molecule has 0 saturated carbocycles. The summed E-state index contributed by atoms with van der Waals surface area (Å²) >= 11 is 5.83. The molecule has 0 fully saturated rings. The fourth-order valence-electron chi connectivity index (χ4n) is 2.27. The fourth-order valence-corrected chi connectivity index (χ4v) is 2.40. The summed E-state index contributed by atoms with van der Waals surface area (Å²) in [6, 6.07) is 13.2. The van der Waals surface area contributed by atoms with E-state index in [0.29, 0.717) is 30.8 Å². The van der Waals surface area contributed by atoms with E-state index in [9.17, 15) is 9.90 Å². The van der Waals surface area contributed by atoms with Gasteiger partial charge in [-0.1, -0.05) is 29.8 Å². The number of hydrogen-bond acceptors (Lipinski definition) is 3. The number of carbonyl (C=O) groups excluding carboxylic acids is 1. The van der Waals surface area contributed by atoms with Gasteiger partial charge in [-0.05, 0) is 42.7 Å². The summed E-state index contributed by atoms with van der Waals surface area (Å²) in [4.78, 5) is 16.2. The first-order valence-corrected chi connectivity index (χ1v) is 8.07. The lowest BCUT2D eigenvalue weighted by molar-refractivity contribution is -0.121. The number of aliphatic hydroxyl groups is 1. The molecule has 1 atom stereocenters. The molecule has 0 aliphatic heterocycles. The van der Waals surface area contributed by atoms with Gasteiger partial charge in [0, 0.05) is 42.4 Å². The van der Waals surface area contributed by atoms with E-state index in [0.717, 1.165) is 11.3 Å². The predicted octanol–water partition coefficient (Wildman–Crippen LogP) is 2.64. The molecular formula is C18H21ClN2O2. The molecule has 1 aromatic carbocycles. The van der Waals surface area contributed by atoms with Crippen LogP contribution in [0.3, 0.4) is 0 Å². The van der Waals surface area contributed by atoms with Crippen LogP contribution < -0.4 is 5.32 Å². The number of hydrogen-bond donors (Lipinski definition) is 2. The van der Waals surface area contributed by atoms with Crippen molar-refractivity contribution in [2.45, 2.75) is 19.3 Å². The highest BCUT2D eigenvalue weighted by atomic mass is 35.5. The van der Waals surface area contributed by atoms with Gasteiger partial charge in [-0.15, -0.1) is 0 Å². The second kappa shape index (κ2) is 9.28. The first-order valence-electron chi connectivity index (χ1n) is 7.69. The molecule has 23 heavy (non-hydrogen) atoms. The molecule has 1 heterocycles. The first-order chi connectivity index (χ1) is 11.2. The fraction of sp³-hybridized carbons (Fsp3) is 0.333. The molecular weight excluding hydrogens is 312 g/mol. The zero-order chi connectivity index (χ0) is 16.5. The van der Waals surface area contributed by atoms with Gasteiger partial charge in [0.05, 0.1) is 0 Å². The number of benzene rings is 1. The second-order valence-corrected chi connectivity index (χ2v) is 5.94. The molecule has 0 spiro atoms. The van der Waals surface area contributed by atoms with Gasteiger partial charge in [0.15, 0.2) is 0 Å². The number of aryl methyl sites for hydroxylation is 1. The van der Waals surface area contributed by atoms with Gasteiger partial charge in [-0.25, -0.2) is 0 Å². The molecule has 2 N–H and O–H groups in total. The highest BCUT2D eigenvalue weighted by Crippen LogP contribution is 2.11. The average Bonchev–Trinajstić information content (AvgIpc) is 2.59. The van der Waals surface area contributed by atoms with Crippen molar-refractivity contribution in [1.82, 2.24) is 10.3 Å². The van der Waals surface area contributed by atoms with Crippen LogP contribution in [-0.4, -0.2) is 29.1 Å². The summed E-state index contributed by atoms with van der Waals surface area (Å²) in [6.45, 7) is 0.473. The summed E-state index contributed by atoms with van der Waals surface area (Å²) in [6.07, 6.45) is 3.47. The van der Waals surface area contributed by atoms with Crippen molar-refractivity contribution >= 4 is 17.5 Å². The normalized spacial score (nSPS) is 11.9. The number of amides is 1. The lowest BCUT2D eigenvalue weighted by Crippen LogP contribution is -2.32. The number of nitrogens with one attached hydrogen (secondary N) is 1. The maximum Gasteiger partial charge on any atom is 0.220 e. The van der Waals surface area contributed by atoms with Gasteiger partial charge in [0.25, 0.3) is 0 Å². The van der Waals surface area contributed by atoms with Crippen molar-refractivity contribution in [3.63, 3.8) is 0 Å². The molecule has 5 heteroatoms. The molecule has 2 rings (SSSR count). The Bertz CT molecular complexity index is 602. The number of aromatic nitrogens is 1. The number of nitrogens with zero attached hydrogens (tertiary/aromatic N) is 1. The lowest BCUT2D eigenvalue weighted by atomic mass is 10.0. The Kier molecular flexibility index (Phi) is 7.04. The Morgan fingerprint density at radius 2 is 2.00 bits per heavy atom. The molecule has 0 aliphatic carbocycles. The SMILES string of the molecule is O=C(CCc1ccc(Cl)cc1)NCC(CO)Cc1ccccn1. The Morgan fingerprint density at radius 1 is 1.22 bits per heavy atom. The van der Waals surface area contributed by atoms with Crippen molar-refractivity contribution in [2.75, 3.05) is 13.2 Å². The van der Waals surface area contributed by atoms with Crippen molar-refractivity contribution in [2.24, 2.45) is 5.92 Å². The molecule has 0 saturated heterocycles. The highest BCUT2D eigenvalue weighted by molar-refractivity contribution is 6.30. The van der Waals surface area contributed by atoms with Crippen LogP contribution in [-0.2, 0) is 17.6 Å². The van der Waals surface area contributed by atoms with Crippen LogP contribution >= 0.6 is 11.6 Å². The molecule has 1 aromatic heterocycles. The minimum atomic E-state index is -0.0237. The van der Waals surface area contributed by atoms with Gasteiger partial charge in [-0.2, -0.15) is 0 Å². The van der Waals surface area contributed by atoms with E-state index in [1.807, 2.05) is 42.5 Å². The number of rotatable bonds is 8. The third kappa shape index (κ3) is 6.38. The Balaban J connectivity index is 1.72. The summed E-state index contributed by atoms with van der Waals surface area (Å²) in [7, 11) is 0. The average molecular weight is 333 g/mol. The summed E-state index contributed by atoms with van der Waals surface area (Å²) < 4.78 is 0. The van der Waals surface area contributed by atoms with Crippen molar-refractivity contribution in [3.8, 4) is 0 Å². The van der Waals surface area contributed by atoms with Gasteiger partial charge in [0.2, 0.25) is 5.91 Å². The van der Waals surface area contributed by atoms with Crippen LogP contribution in [0.1, 0.15) is 17.7 Å². The van der Waals surface area contributed by atoms with Crippen molar-refractivity contribution < 1.29 is 9.90 Å². The monoisotopic (exact) mass is 332 g/mol. The van der Waals surface area contributed by atoms with E-state index in [1.165, 1.54) is 0 Å². The van der Waals surface area contributed by atoms with E-state index in [1.54, 1.807) is 6.20 Å². The maximum absolute atomic E-state index is 11.9. The van der Waals surface area contributed by atoms with Crippen LogP contribution in [0, 0.1) is 5.92 Å². The van der Waals surface area contributed by atoms with Crippen LogP contribution in [0.4, 0.5) is 0 Å². The van der Waals surface area contributed by atoms with Gasteiger partial charge >= 0.3 is 0 Å². The molecule has 0 radical (unpaired) electrons. The molecule has 1 unspecified atom stereocenters. The zero-order valence-corrected chi connectivity index (χ0v) is 13.7. The quantitative estimate of drug-likeness (QED) is 0.781. The summed E-state index contributed by atoms with van der Waals surface area (Å²) in [5.74, 6) is -0.0381. The Hall–Kier alpha value is -1.91. The molecule has 1 amide bonds. The minimum absolute atomic E-state index is 0.0144. The van der Waals surface area contributed by atoms with Crippen LogP contribution in [0.25, 0.3) is 0 Å². The zero-order valence-electron chi connectivity index (χ0n) is 12.9. The molecule has 4 nitrogen and oxygen atoms in total. The van der Waals surface area contributed by atoms with Gasteiger partial charge in [-0.3, -0.25) is 9.78 Å². The van der Waals surface area contributed by atoms with Crippen molar-refractivity contribution in [3.05, 3.63) is 64.9 Å². The third-order valence-corrected chi connectivity index (χ3v) is 3.88. The molecule has 2 aromatic rings. The van der Waals surface area contributed by atoms with Gasteiger partial charge < -0.3 is 10.4 Å². The van der Waals surface area contributed by atoms with Crippen LogP contribution in [0.15, 0.2) is 48.7 Å². The first kappa shape index (κ1) is 17.4. The maximum atomic E-state index is 11.9. The van der Waals surface area contributed by atoms with Gasteiger partial charge in [0.1, 0.15) is 0 Å². The van der Waals surface area contributed by atoms with E-state index in [4.69, 9.17) is 11.6 Å². The molecule has 0 aliphatic rings. The number of halogens is 1. The van der Waals surface area contributed by atoms with E-state index < -0.39 is 0 Å². The Labute approximate surface area is 141 Å². The molecule has 122 valence electrons. The summed E-state index contributed by atoms with van der Waals surface area (Å²) in [5.41, 5.74) is 2.00. The predicted molar refractivity (Wildman–Crippen MR) is 91.3 cm³/mol. The van der Waals surface area contributed by atoms with Crippen LogP contribution in [0.5, 0.6) is 0 Å². The highest BCUT2D eigenvalue weighted by Gasteiger charge is 2.11. The number of carbonyl (C=O) groups is 1. The Morgan fingerprint density at radius 3 is 2.65 bits per heavy atom. The number of aliphatic hydroxyl groups excluding tert-OH is 1. The smallest absolute Gasteiger partial charge is 0.220 e. The van der Waals surface area contributed by atoms with E-state index in [2.05, 4.69) is 10.3 Å². The van der Waals surface area contributed by atoms with E-state index in [-0.39, 0.29) is 18.4 Å². The number of pyridine rings is 1. The van der Waals surface area contributed by atoms with E-state index >= 15 is 0 Å². The second-order valence-electron chi connectivity index (χ2n) is 5.50. The van der Waals surface area contributed by atoms with Crippen LogP contribution in [0.2, 0.25) is 5.02 Å². The minimum Gasteiger partial charge on any atom is -0.396 e.